The minimum absolute atomic E-state index is 0.0985. The van der Waals surface area contributed by atoms with Gasteiger partial charge in [0.15, 0.2) is 12.3 Å². The van der Waals surface area contributed by atoms with Crippen molar-refractivity contribution < 1.29 is 18.4 Å². The molecule has 0 radical (unpaired) electrons. The third kappa shape index (κ3) is 3.14. The summed E-state index contributed by atoms with van der Waals surface area (Å²) < 4.78 is 25.5. The highest BCUT2D eigenvalue weighted by molar-refractivity contribution is 5.97. The fourth-order valence-electron chi connectivity index (χ4n) is 2.60. The number of fused-ring (bicyclic) bond motifs is 1. The third-order valence-electron chi connectivity index (χ3n) is 4.00. The van der Waals surface area contributed by atoms with E-state index >= 15 is 0 Å². The van der Waals surface area contributed by atoms with Crippen molar-refractivity contribution in [1.82, 2.24) is 24.7 Å². The number of halogens is 1. The molecule has 4 rings (SSSR count). The Labute approximate surface area is 152 Å². The van der Waals surface area contributed by atoms with E-state index in [1.54, 1.807) is 44.4 Å². The van der Waals surface area contributed by atoms with Crippen LogP contribution >= 0.6 is 0 Å². The molecule has 0 aliphatic carbocycles. The van der Waals surface area contributed by atoms with E-state index in [9.17, 15) is 9.18 Å². The molecule has 0 atom stereocenters. The first-order chi connectivity index (χ1) is 13.0. The highest BCUT2D eigenvalue weighted by Gasteiger charge is 2.20. The van der Waals surface area contributed by atoms with Crippen molar-refractivity contribution >= 4 is 11.6 Å². The highest BCUT2D eigenvalue weighted by atomic mass is 19.1. The third-order valence-corrected chi connectivity index (χ3v) is 4.00. The Morgan fingerprint density at radius 3 is 3.00 bits per heavy atom. The summed E-state index contributed by atoms with van der Waals surface area (Å²) in [5.74, 6) is -0.640. The second-order valence-corrected chi connectivity index (χ2v) is 5.90. The van der Waals surface area contributed by atoms with Gasteiger partial charge < -0.3 is 9.26 Å². The molecule has 4 aromatic rings. The number of rotatable bonds is 4. The van der Waals surface area contributed by atoms with Gasteiger partial charge in [0.25, 0.3) is 5.89 Å². The first kappa shape index (κ1) is 16.8. The monoisotopic (exact) mass is 367 g/mol. The van der Waals surface area contributed by atoms with E-state index in [-0.39, 0.29) is 29.7 Å². The molecule has 3 heterocycles. The van der Waals surface area contributed by atoms with Gasteiger partial charge in [-0.25, -0.2) is 18.7 Å². The van der Waals surface area contributed by atoms with E-state index in [1.165, 1.54) is 10.6 Å². The van der Waals surface area contributed by atoms with Crippen molar-refractivity contribution in [1.29, 1.82) is 0 Å². The normalized spacial score (nSPS) is 11.1. The maximum Gasteiger partial charge on any atom is 0.344 e. The van der Waals surface area contributed by atoms with E-state index < -0.39 is 5.97 Å². The van der Waals surface area contributed by atoms with Gasteiger partial charge in [0.2, 0.25) is 5.82 Å². The van der Waals surface area contributed by atoms with Crippen LogP contribution in [0.15, 0.2) is 41.2 Å². The van der Waals surface area contributed by atoms with E-state index in [2.05, 4.69) is 20.2 Å². The summed E-state index contributed by atoms with van der Waals surface area (Å²) in [6.45, 7) is 3.14. The molecule has 0 aliphatic rings. The van der Waals surface area contributed by atoms with Gasteiger partial charge in [-0.3, -0.25) is 0 Å². The molecule has 9 heteroatoms. The Balaban J connectivity index is 1.50. The van der Waals surface area contributed by atoms with Gasteiger partial charge in [0, 0.05) is 18.0 Å². The molecular weight excluding hydrogens is 353 g/mol. The maximum atomic E-state index is 13.7. The van der Waals surface area contributed by atoms with Gasteiger partial charge in [0.05, 0.1) is 5.69 Å². The molecule has 0 fully saturated rings. The van der Waals surface area contributed by atoms with E-state index in [1.807, 2.05) is 0 Å². The summed E-state index contributed by atoms with van der Waals surface area (Å²) in [7, 11) is 0. The quantitative estimate of drug-likeness (QED) is 0.512. The van der Waals surface area contributed by atoms with Gasteiger partial charge in [-0.2, -0.15) is 10.1 Å². The van der Waals surface area contributed by atoms with Crippen LogP contribution in [0.3, 0.4) is 0 Å². The molecule has 0 spiro atoms. The van der Waals surface area contributed by atoms with Crippen LogP contribution in [0.2, 0.25) is 0 Å². The fraction of sp³-hybridized carbons (Fsp3) is 0.167. The molecule has 0 amide bonds. The average molecular weight is 367 g/mol. The molecule has 3 aromatic heterocycles. The number of carbonyl (C=O) groups is 1. The number of carbonyl (C=O) groups excluding carboxylic acids is 1. The molecule has 0 N–H and O–H groups in total. The second kappa shape index (κ2) is 6.60. The first-order valence-corrected chi connectivity index (χ1v) is 8.09. The minimum Gasteiger partial charge on any atom is -0.452 e. The number of esters is 1. The largest absolute Gasteiger partial charge is 0.452 e. The lowest BCUT2D eigenvalue weighted by molar-refractivity contribution is 0.0431. The zero-order valence-corrected chi connectivity index (χ0v) is 14.5. The zero-order chi connectivity index (χ0) is 19.0. The SMILES string of the molecule is Cc1ccc(-c2noc(COC(=O)c3c(C)nn4cccnc34)n2)cc1F. The predicted octanol–water partition coefficient (Wildman–Crippen LogP) is 2.89. The van der Waals surface area contributed by atoms with Crippen molar-refractivity contribution in [2.45, 2.75) is 20.5 Å². The summed E-state index contributed by atoms with van der Waals surface area (Å²) in [4.78, 5) is 20.7. The fourth-order valence-corrected chi connectivity index (χ4v) is 2.60. The molecule has 0 aliphatic heterocycles. The summed E-state index contributed by atoms with van der Waals surface area (Å²) in [6, 6.07) is 6.35. The van der Waals surface area contributed by atoms with Gasteiger partial charge >= 0.3 is 5.97 Å². The number of hydrogen-bond acceptors (Lipinski definition) is 7. The molecule has 0 unspecified atom stereocenters. The molecule has 0 saturated carbocycles. The van der Waals surface area contributed by atoms with E-state index in [0.717, 1.165) is 0 Å². The molecule has 0 saturated heterocycles. The Morgan fingerprint density at radius 2 is 2.19 bits per heavy atom. The summed E-state index contributed by atoms with van der Waals surface area (Å²) in [6.07, 6.45) is 3.26. The van der Waals surface area contributed by atoms with E-state index in [0.29, 0.717) is 22.5 Å². The topological polar surface area (TPSA) is 95.4 Å². The predicted molar refractivity (Wildman–Crippen MR) is 91.3 cm³/mol. The van der Waals surface area contributed by atoms with Crippen molar-refractivity contribution in [3.63, 3.8) is 0 Å². The Bertz CT molecular complexity index is 1150. The lowest BCUT2D eigenvalue weighted by atomic mass is 10.1. The number of aromatic nitrogens is 5. The number of hydrogen-bond donors (Lipinski definition) is 0. The van der Waals surface area contributed by atoms with Crippen molar-refractivity contribution in [3.8, 4) is 11.4 Å². The van der Waals surface area contributed by atoms with Crippen LogP contribution in [0.1, 0.15) is 27.5 Å². The molecule has 8 nitrogen and oxygen atoms in total. The first-order valence-electron chi connectivity index (χ1n) is 8.09. The van der Waals surface area contributed by atoms with Crippen molar-refractivity contribution in [3.05, 3.63) is 65.2 Å². The van der Waals surface area contributed by atoms with Crippen LogP contribution < -0.4 is 0 Å². The Hall–Kier alpha value is -3.62. The Morgan fingerprint density at radius 1 is 1.33 bits per heavy atom. The molecular formula is C18H14FN5O3. The van der Waals surface area contributed by atoms with Crippen LogP contribution in [0.5, 0.6) is 0 Å². The van der Waals surface area contributed by atoms with Crippen LogP contribution in [0.25, 0.3) is 17.0 Å². The number of benzene rings is 1. The highest BCUT2D eigenvalue weighted by Crippen LogP contribution is 2.20. The van der Waals surface area contributed by atoms with Crippen LogP contribution in [0, 0.1) is 19.7 Å². The molecule has 136 valence electrons. The smallest absolute Gasteiger partial charge is 0.344 e. The molecule has 1 aromatic carbocycles. The lowest BCUT2D eigenvalue weighted by Crippen LogP contribution is -2.07. The number of nitrogens with zero attached hydrogens (tertiary/aromatic N) is 5. The Kier molecular flexibility index (Phi) is 4.11. The summed E-state index contributed by atoms with van der Waals surface area (Å²) in [5.41, 5.74) is 2.17. The second-order valence-electron chi connectivity index (χ2n) is 5.90. The van der Waals surface area contributed by atoms with Gasteiger partial charge in [-0.15, -0.1) is 0 Å². The number of ether oxygens (including phenoxy) is 1. The van der Waals surface area contributed by atoms with Gasteiger partial charge in [-0.1, -0.05) is 17.3 Å². The zero-order valence-electron chi connectivity index (χ0n) is 14.5. The lowest BCUT2D eigenvalue weighted by Gasteiger charge is -2.01. The van der Waals surface area contributed by atoms with Gasteiger partial charge in [0.1, 0.15) is 11.4 Å². The summed E-state index contributed by atoms with van der Waals surface area (Å²) >= 11 is 0. The molecule has 0 bridgehead atoms. The number of aryl methyl sites for hydroxylation is 2. The van der Waals surface area contributed by atoms with E-state index in [4.69, 9.17) is 9.26 Å². The van der Waals surface area contributed by atoms with Gasteiger partial charge in [-0.05, 0) is 31.5 Å². The average Bonchev–Trinajstić information content (AvgIpc) is 3.25. The van der Waals surface area contributed by atoms with Crippen molar-refractivity contribution in [2.24, 2.45) is 0 Å². The van der Waals surface area contributed by atoms with Crippen LogP contribution in [-0.2, 0) is 11.3 Å². The van der Waals surface area contributed by atoms with Crippen LogP contribution in [0.4, 0.5) is 4.39 Å². The van der Waals surface area contributed by atoms with Crippen molar-refractivity contribution in [2.75, 3.05) is 0 Å². The summed E-state index contributed by atoms with van der Waals surface area (Å²) in [5, 5.41) is 8.01. The molecule has 27 heavy (non-hydrogen) atoms. The minimum atomic E-state index is -0.595. The standard InChI is InChI=1S/C18H14FN5O3/c1-10-4-5-12(8-13(10)19)16-21-14(27-23-16)9-26-18(25)15-11(2)22-24-7-3-6-20-17(15)24/h3-8H,9H2,1-2H3. The maximum absolute atomic E-state index is 13.7. The van der Waals surface area contributed by atoms with Crippen LogP contribution in [-0.4, -0.2) is 30.7 Å².